The molecule has 1 aromatic rings. The highest BCUT2D eigenvalue weighted by molar-refractivity contribution is 5.76. The number of aliphatic hydroxyl groups is 2. The number of aliphatic hydroxyl groups excluding tert-OH is 2. The fraction of sp³-hybridized carbons (Fsp3) is 0.357. The van der Waals surface area contributed by atoms with E-state index in [4.69, 9.17) is 10.2 Å². The number of nitrogens with zero attached hydrogens (tertiary/aromatic N) is 1. The van der Waals surface area contributed by atoms with Crippen LogP contribution in [0.25, 0.3) is 6.08 Å². The van der Waals surface area contributed by atoms with Crippen molar-refractivity contribution in [1.29, 1.82) is 0 Å². The summed E-state index contributed by atoms with van der Waals surface area (Å²) in [6.07, 6.45) is 3.37. The van der Waals surface area contributed by atoms with Crippen LogP contribution in [0.3, 0.4) is 0 Å². The van der Waals surface area contributed by atoms with Gasteiger partial charge in [-0.2, -0.15) is 0 Å². The molecule has 1 aromatic carbocycles. The first kappa shape index (κ1) is 15.2. The second kappa shape index (κ2) is 8.29. The number of hydrogen-bond donors (Lipinski definition) is 3. The normalized spacial score (nSPS) is 10.7. The van der Waals surface area contributed by atoms with Crippen LogP contribution in [-0.4, -0.2) is 47.4 Å². The zero-order valence-corrected chi connectivity index (χ0v) is 11.0. The summed E-state index contributed by atoms with van der Waals surface area (Å²) in [4.78, 5) is 13.1. The topological polar surface area (TPSA) is 72.8 Å². The van der Waals surface area contributed by atoms with E-state index in [1.165, 1.54) is 4.90 Å². The predicted octanol–water partition coefficient (Wildman–Crippen LogP) is 0.962. The second-order valence-electron chi connectivity index (χ2n) is 4.07. The molecule has 5 heteroatoms. The number of hydrogen-bond acceptors (Lipinski definition) is 3. The lowest BCUT2D eigenvalue weighted by atomic mass is 10.1. The van der Waals surface area contributed by atoms with E-state index >= 15 is 0 Å². The number of benzene rings is 1. The van der Waals surface area contributed by atoms with Crippen molar-refractivity contribution in [2.75, 3.05) is 26.3 Å². The smallest absolute Gasteiger partial charge is 0.321 e. The van der Waals surface area contributed by atoms with Crippen LogP contribution in [0.5, 0.6) is 0 Å². The molecule has 104 valence electrons. The zero-order chi connectivity index (χ0) is 14.1. The molecular formula is C14H20N2O3. The molecular weight excluding hydrogens is 244 g/mol. The van der Waals surface area contributed by atoms with Crippen molar-refractivity contribution in [2.24, 2.45) is 0 Å². The molecule has 0 saturated heterocycles. The minimum Gasteiger partial charge on any atom is -0.395 e. The Kier molecular flexibility index (Phi) is 6.63. The molecule has 0 aliphatic carbocycles. The molecule has 2 amide bonds. The van der Waals surface area contributed by atoms with Gasteiger partial charge >= 0.3 is 6.03 Å². The first-order valence-corrected chi connectivity index (χ1v) is 6.18. The van der Waals surface area contributed by atoms with Gasteiger partial charge in [0.25, 0.3) is 0 Å². The number of rotatable bonds is 6. The lowest BCUT2D eigenvalue weighted by molar-refractivity contribution is 0.161. The van der Waals surface area contributed by atoms with Crippen molar-refractivity contribution in [1.82, 2.24) is 10.2 Å². The van der Waals surface area contributed by atoms with E-state index in [0.29, 0.717) is 0 Å². The first-order valence-electron chi connectivity index (χ1n) is 6.18. The summed E-state index contributed by atoms with van der Waals surface area (Å²) in [5.41, 5.74) is 2.15. The molecule has 0 aliphatic heterocycles. The summed E-state index contributed by atoms with van der Waals surface area (Å²) in [7, 11) is 0. The fourth-order valence-electron chi connectivity index (χ4n) is 1.62. The monoisotopic (exact) mass is 264 g/mol. The molecule has 0 fully saturated rings. The van der Waals surface area contributed by atoms with Crippen molar-refractivity contribution in [3.8, 4) is 0 Å². The summed E-state index contributed by atoms with van der Waals surface area (Å²) < 4.78 is 0. The van der Waals surface area contributed by atoms with Gasteiger partial charge in [-0.25, -0.2) is 4.79 Å². The highest BCUT2D eigenvalue weighted by atomic mass is 16.3. The summed E-state index contributed by atoms with van der Waals surface area (Å²) >= 11 is 0. The van der Waals surface area contributed by atoms with Crippen LogP contribution < -0.4 is 5.32 Å². The van der Waals surface area contributed by atoms with E-state index in [1.807, 2.05) is 37.3 Å². The van der Waals surface area contributed by atoms with Crippen molar-refractivity contribution < 1.29 is 15.0 Å². The average Bonchev–Trinajstić information content (AvgIpc) is 2.40. The Hall–Kier alpha value is -1.85. The molecule has 0 atom stereocenters. The number of urea groups is 1. The van der Waals surface area contributed by atoms with Crippen LogP contribution >= 0.6 is 0 Å². The molecule has 0 aliphatic rings. The maximum absolute atomic E-state index is 11.7. The summed E-state index contributed by atoms with van der Waals surface area (Å²) in [6.45, 7) is 2.13. The largest absolute Gasteiger partial charge is 0.395 e. The lowest BCUT2D eigenvalue weighted by Crippen LogP contribution is -2.41. The summed E-state index contributed by atoms with van der Waals surface area (Å²) in [5, 5.41) is 20.3. The third-order valence-electron chi connectivity index (χ3n) is 2.69. The zero-order valence-electron chi connectivity index (χ0n) is 11.0. The molecule has 0 radical (unpaired) electrons. The number of amides is 2. The molecule has 0 bridgehead atoms. The van der Waals surface area contributed by atoms with Gasteiger partial charge in [-0.05, 0) is 24.1 Å². The standard InChI is InChI=1S/C14H20N2O3/c1-12-4-2-3-5-13(12)6-7-15-14(19)16(8-10-17)9-11-18/h2-7,17-18H,8-11H2,1H3,(H,15,19)/b7-6+. The van der Waals surface area contributed by atoms with Gasteiger partial charge in [-0.1, -0.05) is 24.3 Å². The Labute approximate surface area is 113 Å². The van der Waals surface area contributed by atoms with E-state index in [2.05, 4.69) is 5.32 Å². The first-order chi connectivity index (χ1) is 9.19. The summed E-state index contributed by atoms with van der Waals surface area (Å²) in [6, 6.07) is 7.49. The minimum absolute atomic E-state index is 0.130. The molecule has 0 saturated carbocycles. The van der Waals surface area contributed by atoms with Gasteiger partial charge < -0.3 is 20.4 Å². The van der Waals surface area contributed by atoms with E-state index < -0.39 is 0 Å². The van der Waals surface area contributed by atoms with E-state index in [9.17, 15) is 4.79 Å². The van der Waals surface area contributed by atoms with Crippen molar-refractivity contribution in [3.05, 3.63) is 41.6 Å². The van der Waals surface area contributed by atoms with Gasteiger partial charge in [-0.15, -0.1) is 0 Å². The Balaban J connectivity index is 2.55. The van der Waals surface area contributed by atoms with E-state index in [1.54, 1.807) is 6.20 Å². The number of carbonyl (C=O) groups is 1. The Morgan fingerprint density at radius 3 is 2.47 bits per heavy atom. The molecule has 3 N–H and O–H groups in total. The molecule has 19 heavy (non-hydrogen) atoms. The van der Waals surface area contributed by atoms with Gasteiger partial charge in [0.05, 0.1) is 13.2 Å². The van der Waals surface area contributed by atoms with Gasteiger partial charge in [-0.3, -0.25) is 0 Å². The maximum Gasteiger partial charge on any atom is 0.321 e. The SMILES string of the molecule is Cc1ccccc1/C=C/NC(=O)N(CCO)CCO. The van der Waals surface area contributed by atoms with Crippen molar-refractivity contribution in [3.63, 3.8) is 0 Å². The molecule has 0 aromatic heterocycles. The average molecular weight is 264 g/mol. The van der Waals surface area contributed by atoms with Gasteiger partial charge in [0.2, 0.25) is 0 Å². The minimum atomic E-state index is -0.340. The van der Waals surface area contributed by atoms with Gasteiger partial charge in [0.1, 0.15) is 0 Å². The fourth-order valence-corrected chi connectivity index (χ4v) is 1.62. The van der Waals surface area contributed by atoms with Gasteiger partial charge in [0, 0.05) is 19.3 Å². The third-order valence-corrected chi connectivity index (χ3v) is 2.69. The molecule has 0 spiro atoms. The highest BCUT2D eigenvalue weighted by Gasteiger charge is 2.09. The van der Waals surface area contributed by atoms with Crippen LogP contribution in [-0.2, 0) is 0 Å². The van der Waals surface area contributed by atoms with Crippen LogP contribution in [0.2, 0.25) is 0 Å². The third kappa shape index (κ3) is 5.11. The number of carbonyl (C=O) groups excluding carboxylic acids is 1. The number of nitrogens with one attached hydrogen (secondary N) is 1. The molecule has 5 nitrogen and oxygen atoms in total. The van der Waals surface area contributed by atoms with Crippen LogP contribution in [0.4, 0.5) is 4.79 Å². The predicted molar refractivity (Wildman–Crippen MR) is 74.5 cm³/mol. The molecule has 0 unspecified atom stereocenters. The number of aryl methyl sites for hydroxylation is 1. The van der Waals surface area contributed by atoms with Crippen molar-refractivity contribution in [2.45, 2.75) is 6.92 Å². The molecule has 0 heterocycles. The Morgan fingerprint density at radius 1 is 1.26 bits per heavy atom. The maximum atomic E-state index is 11.7. The van der Waals surface area contributed by atoms with Crippen molar-refractivity contribution >= 4 is 12.1 Å². The molecule has 1 rings (SSSR count). The van der Waals surface area contributed by atoms with Gasteiger partial charge in [0.15, 0.2) is 0 Å². The quantitative estimate of drug-likeness (QED) is 0.716. The second-order valence-corrected chi connectivity index (χ2v) is 4.07. The van der Waals surface area contributed by atoms with E-state index in [-0.39, 0.29) is 32.3 Å². The lowest BCUT2D eigenvalue weighted by Gasteiger charge is -2.19. The van der Waals surface area contributed by atoms with Crippen LogP contribution in [0.15, 0.2) is 30.5 Å². The summed E-state index contributed by atoms with van der Waals surface area (Å²) in [5.74, 6) is 0. The Morgan fingerprint density at radius 2 is 1.89 bits per heavy atom. The highest BCUT2D eigenvalue weighted by Crippen LogP contribution is 2.08. The van der Waals surface area contributed by atoms with Crippen LogP contribution in [0, 0.1) is 6.92 Å². The van der Waals surface area contributed by atoms with E-state index in [0.717, 1.165) is 11.1 Å². The van der Waals surface area contributed by atoms with Crippen LogP contribution in [0.1, 0.15) is 11.1 Å². The Bertz CT molecular complexity index is 426.